The summed E-state index contributed by atoms with van der Waals surface area (Å²) in [5.41, 5.74) is 1.27. The summed E-state index contributed by atoms with van der Waals surface area (Å²) in [7, 11) is -3.02. The highest BCUT2D eigenvalue weighted by molar-refractivity contribution is 6.55. The average molecular weight is 492 g/mol. The molecule has 0 aromatic heterocycles. The SMILES string of the molecule is CC[NH+](CC)c1ccccc1.CC[NH+](CC)c1ccccc1.[O-]B([O-])c1c(F)cc(F)c(F)c1F. The maximum atomic E-state index is 12.5. The second-order valence-electron chi connectivity index (χ2n) is 7.57. The Morgan fingerprint density at radius 2 is 0.971 bits per heavy atom. The van der Waals surface area contributed by atoms with Crippen LogP contribution >= 0.6 is 0 Å². The third kappa shape index (κ3) is 9.45. The molecule has 0 amide bonds. The fourth-order valence-corrected chi connectivity index (χ4v) is 3.46. The molecule has 0 radical (unpaired) electrons. The second kappa shape index (κ2) is 16.0. The van der Waals surface area contributed by atoms with E-state index in [2.05, 4.69) is 88.4 Å². The van der Waals surface area contributed by atoms with Crippen molar-refractivity contribution in [3.63, 3.8) is 0 Å². The van der Waals surface area contributed by atoms with Crippen molar-refractivity contribution in [2.45, 2.75) is 27.7 Å². The van der Waals surface area contributed by atoms with Gasteiger partial charge in [-0.3, -0.25) is 0 Å². The lowest BCUT2D eigenvalue weighted by Gasteiger charge is -2.27. The number of halogens is 4. The zero-order valence-corrected chi connectivity index (χ0v) is 20.6. The number of benzene rings is 3. The van der Waals surface area contributed by atoms with E-state index in [1.807, 2.05) is 0 Å². The molecule has 0 saturated heterocycles. The van der Waals surface area contributed by atoms with E-state index in [0.29, 0.717) is 0 Å². The van der Waals surface area contributed by atoms with Crippen LogP contribution in [0, 0.1) is 23.3 Å². The quantitative estimate of drug-likeness (QED) is 0.225. The molecular formula is C26H33BF4N2O2. The Morgan fingerprint density at radius 3 is 1.29 bits per heavy atom. The van der Waals surface area contributed by atoms with Crippen LogP contribution < -0.4 is 25.3 Å². The first kappa shape index (κ1) is 30.3. The van der Waals surface area contributed by atoms with Gasteiger partial charge >= 0.3 is 0 Å². The molecule has 0 aliphatic heterocycles. The number of hydrogen-bond donors (Lipinski definition) is 2. The number of nitrogens with one attached hydrogen (secondary N) is 2. The molecule has 0 fully saturated rings. The van der Waals surface area contributed by atoms with Gasteiger partial charge in [0.15, 0.2) is 17.5 Å². The van der Waals surface area contributed by atoms with Crippen LogP contribution in [-0.4, -0.2) is 33.3 Å². The summed E-state index contributed by atoms with van der Waals surface area (Å²) in [6.07, 6.45) is 0. The van der Waals surface area contributed by atoms with Crippen molar-refractivity contribution in [1.29, 1.82) is 0 Å². The minimum Gasteiger partial charge on any atom is -0.889 e. The molecule has 3 rings (SSSR count). The van der Waals surface area contributed by atoms with Gasteiger partial charge in [-0.2, -0.15) is 0 Å². The Hall–Kier alpha value is -2.72. The van der Waals surface area contributed by atoms with Crippen molar-refractivity contribution in [3.05, 3.63) is 90.0 Å². The Labute approximate surface area is 205 Å². The number of quaternary nitrogens is 2. The van der Waals surface area contributed by atoms with Gasteiger partial charge in [0.05, 0.1) is 26.2 Å². The van der Waals surface area contributed by atoms with Crippen LogP contribution in [0.4, 0.5) is 28.9 Å². The molecule has 0 aliphatic carbocycles. The predicted molar refractivity (Wildman–Crippen MR) is 128 cm³/mol. The Kier molecular flexibility index (Phi) is 13.9. The van der Waals surface area contributed by atoms with Crippen LogP contribution in [0.2, 0.25) is 0 Å². The zero-order valence-electron chi connectivity index (χ0n) is 20.6. The molecule has 9 heteroatoms. The molecule has 2 N–H and O–H groups in total. The van der Waals surface area contributed by atoms with Crippen LogP contribution in [0.1, 0.15) is 27.7 Å². The standard InChI is InChI=1S/2C10H15N.C6HBF4O2/c2*1-3-11(4-2)10-8-6-5-7-9-10;8-2-1-3(9)5(10)6(11)4(2)7(12)13/h2*5-9H,3-4H2,1-2H3;1H/q;;-2/p+2. The van der Waals surface area contributed by atoms with Crippen LogP contribution in [0.5, 0.6) is 0 Å². The van der Waals surface area contributed by atoms with E-state index in [0.717, 1.165) is 0 Å². The fourth-order valence-electron chi connectivity index (χ4n) is 3.46. The van der Waals surface area contributed by atoms with E-state index in [-0.39, 0.29) is 6.07 Å². The van der Waals surface area contributed by atoms with Gasteiger partial charge in [-0.15, -0.1) is 0 Å². The van der Waals surface area contributed by atoms with Crippen LogP contribution in [0.15, 0.2) is 66.7 Å². The summed E-state index contributed by atoms with van der Waals surface area (Å²) in [5, 5.41) is 20.2. The number of rotatable bonds is 7. The monoisotopic (exact) mass is 492 g/mol. The number of hydrogen-bond acceptors (Lipinski definition) is 2. The summed E-state index contributed by atoms with van der Waals surface area (Å²) in [4.78, 5) is 3.09. The molecule has 0 aliphatic rings. The third-order valence-corrected chi connectivity index (χ3v) is 5.46. The van der Waals surface area contributed by atoms with Gasteiger partial charge in [0.25, 0.3) is 0 Å². The molecule has 0 unspecified atom stereocenters. The van der Waals surface area contributed by atoms with Crippen LogP contribution in [0.3, 0.4) is 0 Å². The third-order valence-electron chi connectivity index (χ3n) is 5.46. The molecule has 0 spiro atoms. The number of para-hydroxylation sites is 2. The van der Waals surface area contributed by atoms with Crippen molar-refractivity contribution in [3.8, 4) is 0 Å². The Balaban J connectivity index is 0.000000264. The second-order valence-corrected chi connectivity index (χ2v) is 7.57. The lowest BCUT2D eigenvalue weighted by atomic mass is 9.79. The van der Waals surface area contributed by atoms with Gasteiger partial charge in [0.1, 0.15) is 17.2 Å². The van der Waals surface area contributed by atoms with Gasteiger partial charge < -0.3 is 19.8 Å². The largest absolute Gasteiger partial charge is 0.889 e. The van der Waals surface area contributed by atoms with Crippen molar-refractivity contribution >= 4 is 24.0 Å². The van der Waals surface area contributed by atoms with E-state index < -0.39 is 35.9 Å². The van der Waals surface area contributed by atoms with Gasteiger partial charge in [0, 0.05) is 6.07 Å². The van der Waals surface area contributed by atoms with Crippen LogP contribution in [0.25, 0.3) is 0 Å². The smallest absolute Gasteiger partial charge is 0.193 e. The highest BCUT2D eigenvalue weighted by atomic mass is 19.2. The van der Waals surface area contributed by atoms with Crippen molar-refractivity contribution < 1.29 is 37.4 Å². The van der Waals surface area contributed by atoms with Crippen molar-refractivity contribution in [2.24, 2.45) is 0 Å². The van der Waals surface area contributed by atoms with Gasteiger partial charge in [-0.1, -0.05) is 49.0 Å². The van der Waals surface area contributed by atoms with E-state index in [1.54, 1.807) is 9.80 Å². The van der Waals surface area contributed by atoms with Gasteiger partial charge in [-0.05, 0) is 52.0 Å². The van der Waals surface area contributed by atoms with Crippen molar-refractivity contribution in [1.82, 2.24) is 0 Å². The molecule has 190 valence electrons. The zero-order chi connectivity index (χ0) is 26.4. The molecule has 0 heterocycles. The summed E-state index contributed by atoms with van der Waals surface area (Å²) >= 11 is 0. The summed E-state index contributed by atoms with van der Waals surface area (Å²) in [6, 6.07) is 21.2. The molecule has 0 bridgehead atoms. The maximum Gasteiger partial charge on any atom is 0.193 e. The lowest BCUT2D eigenvalue weighted by molar-refractivity contribution is -0.828. The first-order valence-electron chi connectivity index (χ1n) is 11.7. The highest BCUT2D eigenvalue weighted by Gasteiger charge is 2.16. The Morgan fingerprint density at radius 1 is 0.600 bits per heavy atom. The van der Waals surface area contributed by atoms with E-state index in [1.165, 1.54) is 37.6 Å². The highest BCUT2D eigenvalue weighted by Crippen LogP contribution is 2.10. The topological polar surface area (TPSA) is 55.0 Å². The minimum atomic E-state index is -3.02. The van der Waals surface area contributed by atoms with Crippen LogP contribution in [-0.2, 0) is 0 Å². The minimum absolute atomic E-state index is 0.0451. The lowest BCUT2D eigenvalue weighted by Crippen LogP contribution is -3.06. The first-order valence-corrected chi connectivity index (χ1v) is 11.7. The molecule has 0 atom stereocenters. The Bertz CT molecular complexity index is 940. The summed E-state index contributed by atoms with van der Waals surface area (Å²) in [6.45, 7) is 13.5. The van der Waals surface area contributed by atoms with Crippen molar-refractivity contribution in [2.75, 3.05) is 26.2 Å². The molecule has 4 nitrogen and oxygen atoms in total. The summed E-state index contributed by atoms with van der Waals surface area (Å²) < 4.78 is 49.6. The molecule has 35 heavy (non-hydrogen) atoms. The maximum absolute atomic E-state index is 12.5. The normalized spacial score (nSPS) is 10.4. The molecule has 3 aromatic carbocycles. The fraction of sp³-hybridized carbons (Fsp3) is 0.308. The molecular weight excluding hydrogens is 459 g/mol. The van der Waals surface area contributed by atoms with E-state index >= 15 is 0 Å². The first-order chi connectivity index (χ1) is 16.7. The summed E-state index contributed by atoms with van der Waals surface area (Å²) in [5.74, 6) is -7.54. The van der Waals surface area contributed by atoms with Gasteiger partial charge in [0.2, 0.25) is 0 Å². The van der Waals surface area contributed by atoms with Gasteiger partial charge in [-0.25, -0.2) is 17.6 Å². The van der Waals surface area contributed by atoms with E-state index in [9.17, 15) is 27.6 Å². The molecule has 3 aromatic rings. The average Bonchev–Trinajstić information content (AvgIpc) is 2.86. The molecule has 0 saturated carbocycles. The van der Waals surface area contributed by atoms with E-state index in [4.69, 9.17) is 0 Å². The predicted octanol–water partition coefficient (Wildman–Crippen LogP) is 1.14.